The van der Waals surface area contributed by atoms with Gasteiger partial charge in [0.1, 0.15) is 16.3 Å². The van der Waals surface area contributed by atoms with Crippen molar-refractivity contribution in [3.8, 4) is 0 Å². The maximum absolute atomic E-state index is 13.7. The number of fused-ring (bicyclic) bond motifs is 4. The van der Waals surface area contributed by atoms with E-state index in [4.69, 9.17) is 12.2 Å². The summed E-state index contributed by atoms with van der Waals surface area (Å²) in [5, 5.41) is 6.01. The lowest BCUT2D eigenvalue weighted by atomic mass is 9.76. The molecule has 0 radical (unpaired) electrons. The number of hydrogen-bond acceptors (Lipinski definition) is 2. The van der Waals surface area contributed by atoms with Gasteiger partial charge in [0.05, 0.1) is 0 Å². The van der Waals surface area contributed by atoms with Crippen LogP contribution >= 0.6 is 12.2 Å². The Hall–Kier alpha value is -1.82. The third-order valence-electron chi connectivity index (χ3n) is 4.41. The van der Waals surface area contributed by atoms with E-state index < -0.39 is 5.54 Å². The van der Waals surface area contributed by atoms with Gasteiger partial charge in [-0.1, -0.05) is 12.2 Å². The highest BCUT2D eigenvalue weighted by molar-refractivity contribution is 7.80. The van der Waals surface area contributed by atoms with Gasteiger partial charge in [0.25, 0.3) is 0 Å². The number of nitrogens with one attached hydrogen (secondary N) is 2. The fraction of sp³-hybridized carbons (Fsp3) is 0.357. The van der Waals surface area contributed by atoms with E-state index in [-0.39, 0.29) is 17.8 Å². The van der Waals surface area contributed by atoms with E-state index in [0.717, 1.165) is 36.2 Å². The average Bonchev–Trinajstić information content (AvgIpc) is 2.96. The van der Waals surface area contributed by atoms with Gasteiger partial charge in [0.15, 0.2) is 0 Å². The number of urea groups is 1. The summed E-state index contributed by atoms with van der Waals surface area (Å²) < 4.78 is 13.7. The first-order valence-corrected chi connectivity index (χ1v) is 7.03. The van der Waals surface area contributed by atoms with Crippen molar-refractivity contribution in [1.29, 1.82) is 0 Å². The summed E-state index contributed by atoms with van der Waals surface area (Å²) in [5.41, 5.74) is 1.55. The van der Waals surface area contributed by atoms with E-state index in [9.17, 15) is 9.18 Å². The smallest absolute Gasteiger partial charge is 0.341 e. The van der Waals surface area contributed by atoms with Crippen molar-refractivity contribution < 1.29 is 9.18 Å². The minimum atomic E-state index is -0.822. The van der Waals surface area contributed by atoms with E-state index in [1.807, 2.05) is 0 Å². The van der Waals surface area contributed by atoms with Crippen LogP contribution in [0.4, 0.5) is 14.9 Å². The van der Waals surface area contributed by atoms with Gasteiger partial charge in [-0.15, -0.1) is 0 Å². The number of anilines is 1. The fourth-order valence-corrected chi connectivity index (χ4v) is 4.02. The van der Waals surface area contributed by atoms with Crippen LogP contribution in [0.2, 0.25) is 0 Å². The number of carbonyl (C=O) groups is 1. The van der Waals surface area contributed by atoms with Crippen LogP contribution in [0.3, 0.4) is 0 Å². The number of halogens is 1. The van der Waals surface area contributed by atoms with E-state index in [1.165, 1.54) is 12.1 Å². The Morgan fingerprint density at radius 2 is 2.30 bits per heavy atom. The molecule has 1 aromatic carbocycles. The largest absolute Gasteiger partial charge is 0.347 e. The second-order valence-corrected chi connectivity index (χ2v) is 5.84. The molecule has 0 saturated heterocycles. The van der Waals surface area contributed by atoms with Gasteiger partial charge in [-0.3, -0.25) is 0 Å². The normalized spacial score (nSPS) is 30.6. The highest BCUT2D eigenvalue weighted by atomic mass is 32.1. The molecule has 2 heterocycles. The lowest BCUT2D eigenvalue weighted by Crippen LogP contribution is -2.58. The molecule has 4 rings (SSSR count). The van der Waals surface area contributed by atoms with Gasteiger partial charge in [0.2, 0.25) is 0 Å². The van der Waals surface area contributed by atoms with Crippen LogP contribution in [0.25, 0.3) is 0 Å². The van der Waals surface area contributed by atoms with Crippen molar-refractivity contribution in [2.45, 2.75) is 24.8 Å². The first kappa shape index (κ1) is 12.0. The van der Waals surface area contributed by atoms with Crippen molar-refractivity contribution in [1.82, 2.24) is 5.32 Å². The molecule has 20 heavy (non-hydrogen) atoms. The molecule has 2 atom stereocenters. The Bertz CT molecular complexity index is 687. The first-order valence-electron chi connectivity index (χ1n) is 6.62. The summed E-state index contributed by atoms with van der Waals surface area (Å²) >= 11 is 5.47. The molecule has 6 heteroatoms. The van der Waals surface area contributed by atoms with Gasteiger partial charge in [0, 0.05) is 22.9 Å². The van der Waals surface area contributed by atoms with Gasteiger partial charge in [-0.05, 0) is 37.5 Å². The highest BCUT2D eigenvalue weighted by Gasteiger charge is 2.55. The lowest BCUT2D eigenvalue weighted by molar-refractivity contribution is 0.234. The number of thiocarbonyl (C=S) groups is 1. The average molecular weight is 289 g/mol. The van der Waals surface area contributed by atoms with E-state index in [1.54, 1.807) is 6.07 Å². The standard InChI is InChI=1S/C14H12FN3OS/c15-7-4-5-11-9(6-7)14(12(20)16-11)8-2-1-3-10(8)17-13(19)18-14/h4-6,8H,1-3H2,(H,16,20)(H,18,19). The number of nitrogens with zero attached hydrogens (tertiary/aromatic N) is 1. The molecule has 2 aliphatic heterocycles. The van der Waals surface area contributed by atoms with E-state index in [0.29, 0.717) is 4.99 Å². The molecule has 4 nitrogen and oxygen atoms in total. The third kappa shape index (κ3) is 1.37. The predicted molar refractivity (Wildman–Crippen MR) is 77.6 cm³/mol. The molecule has 1 aliphatic carbocycles. The Morgan fingerprint density at radius 3 is 3.15 bits per heavy atom. The van der Waals surface area contributed by atoms with E-state index >= 15 is 0 Å². The highest BCUT2D eigenvalue weighted by Crippen LogP contribution is 2.48. The van der Waals surface area contributed by atoms with Crippen LogP contribution in [0, 0.1) is 11.7 Å². The number of amides is 2. The van der Waals surface area contributed by atoms with Crippen molar-refractivity contribution >= 4 is 34.6 Å². The Balaban J connectivity index is 1.97. The van der Waals surface area contributed by atoms with Crippen LogP contribution in [0.5, 0.6) is 0 Å². The molecule has 2 amide bonds. The SMILES string of the molecule is O=C1N=C2CCCC2C2(N1)C(=S)Nc1ccc(F)cc12. The zero-order chi connectivity index (χ0) is 13.9. The summed E-state index contributed by atoms with van der Waals surface area (Å²) in [6, 6.07) is 4.13. The Kier molecular flexibility index (Phi) is 2.30. The summed E-state index contributed by atoms with van der Waals surface area (Å²) in [6.45, 7) is 0. The topological polar surface area (TPSA) is 53.5 Å². The third-order valence-corrected chi connectivity index (χ3v) is 4.84. The zero-order valence-corrected chi connectivity index (χ0v) is 11.4. The van der Waals surface area contributed by atoms with Crippen LogP contribution in [0.15, 0.2) is 23.2 Å². The second-order valence-electron chi connectivity index (χ2n) is 5.43. The van der Waals surface area contributed by atoms with Gasteiger partial charge in [-0.25, -0.2) is 14.2 Å². The van der Waals surface area contributed by atoms with Crippen molar-refractivity contribution in [2.75, 3.05) is 5.32 Å². The van der Waals surface area contributed by atoms with Crippen LogP contribution in [-0.2, 0) is 5.54 Å². The molecule has 1 fully saturated rings. The minimum absolute atomic E-state index is 0.0308. The molecule has 102 valence electrons. The monoisotopic (exact) mass is 289 g/mol. The zero-order valence-electron chi connectivity index (χ0n) is 10.6. The molecule has 1 spiro atoms. The molecule has 1 aromatic rings. The second kappa shape index (κ2) is 3.85. The van der Waals surface area contributed by atoms with Crippen molar-refractivity contribution in [3.63, 3.8) is 0 Å². The number of carbonyl (C=O) groups excluding carboxylic acids is 1. The maximum Gasteiger partial charge on any atom is 0.341 e. The number of benzene rings is 1. The quantitative estimate of drug-likeness (QED) is 0.722. The van der Waals surface area contributed by atoms with Gasteiger partial charge in [-0.2, -0.15) is 0 Å². The minimum Gasteiger partial charge on any atom is -0.347 e. The summed E-state index contributed by atoms with van der Waals surface area (Å²) in [4.78, 5) is 16.5. The maximum atomic E-state index is 13.7. The summed E-state index contributed by atoms with van der Waals surface area (Å²) in [6.07, 6.45) is 2.69. The predicted octanol–water partition coefficient (Wildman–Crippen LogP) is 2.74. The molecule has 2 N–H and O–H groups in total. The Morgan fingerprint density at radius 1 is 1.45 bits per heavy atom. The molecule has 0 aromatic heterocycles. The number of aliphatic imine (C=N–C) groups is 1. The van der Waals surface area contributed by atoms with Crippen molar-refractivity contribution in [2.24, 2.45) is 10.9 Å². The molecule has 1 saturated carbocycles. The summed E-state index contributed by atoms with van der Waals surface area (Å²) in [7, 11) is 0. The first-order chi connectivity index (χ1) is 9.61. The van der Waals surface area contributed by atoms with Gasteiger partial charge < -0.3 is 10.6 Å². The lowest BCUT2D eigenvalue weighted by Gasteiger charge is -2.38. The molecule has 0 bridgehead atoms. The summed E-state index contributed by atoms with van der Waals surface area (Å²) in [5.74, 6) is -0.297. The van der Waals surface area contributed by atoms with Crippen LogP contribution < -0.4 is 10.6 Å². The number of hydrogen-bond donors (Lipinski definition) is 2. The fourth-order valence-electron chi connectivity index (χ4n) is 3.61. The number of rotatable bonds is 0. The van der Waals surface area contributed by atoms with Crippen LogP contribution in [0.1, 0.15) is 24.8 Å². The van der Waals surface area contributed by atoms with Gasteiger partial charge >= 0.3 is 6.03 Å². The van der Waals surface area contributed by atoms with Crippen LogP contribution in [-0.4, -0.2) is 16.7 Å². The van der Waals surface area contributed by atoms with Crippen molar-refractivity contribution in [3.05, 3.63) is 29.6 Å². The Labute approximate surface area is 120 Å². The molecular formula is C14H12FN3OS. The van der Waals surface area contributed by atoms with E-state index in [2.05, 4.69) is 15.6 Å². The molecular weight excluding hydrogens is 277 g/mol. The molecule has 3 aliphatic rings. The molecule has 2 unspecified atom stereocenters.